The first-order valence-corrected chi connectivity index (χ1v) is 5.31. The third-order valence-corrected chi connectivity index (χ3v) is 2.05. The summed E-state index contributed by atoms with van der Waals surface area (Å²) in [5.41, 5.74) is 0.213. The summed E-state index contributed by atoms with van der Waals surface area (Å²) in [6.45, 7) is 11.5. The molecule has 0 radical (unpaired) electrons. The zero-order valence-corrected chi connectivity index (χ0v) is 10.2. The van der Waals surface area contributed by atoms with Crippen LogP contribution in [-0.2, 0) is 14.3 Å². The summed E-state index contributed by atoms with van der Waals surface area (Å²) in [5, 5.41) is 0. The van der Waals surface area contributed by atoms with Crippen molar-refractivity contribution in [2.75, 3.05) is 19.6 Å². The van der Waals surface area contributed by atoms with Gasteiger partial charge in [-0.25, -0.2) is 9.59 Å². The van der Waals surface area contributed by atoms with Crippen LogP contribution in [0.5, 0.6) is 0 Å². The predicted octanol–water partition coefficient (Wildman–Crippen LogP) is 1.53. The van der Waals surface area contributed by atoms with Crippen LogP contribution >= 0.6 is 0 Å². The molecule has 4 heteroatoms. The van der Waals surface area contributed by atoms with E-state index in [1.165, 1.54) is 13.0 Å². The van der Waals surface area contributed by atoms with Crippen LogP contribution in [0.1, 0.15) is 20.8 Å². The molecule has 0 rings (SSSR count). The minimum absolute atomic E-state index is 0.213. The van der Waals surface area contributed by atoms with E-state index in [4.69, 9.17) is 0 Å². The Morgan fingerprint density at radius 1 is 1.31 bits per heavy atom. The van der Waals surface area contributed by atoms with Gasteiger partial charge in [-0.1, -0.05) is 26.5 Å². The van der Waals surface area contributed by atoms with Gasteiger partial charge in [-0.15, -0.1) is 0 Å². The molecule has 0 aliphatic carbocycles. The lowest BCUT2D eigenvalue weighted by atomic mass is 10.3. The Labute approximate surface area is 96.6 Å². The molecule has 0 aliphatic rings. The number of likely N-dealkylation sites (N-methyl/N-ethyl adjacent to an activating group) is 1. The number of carbonyl (C=O) groups excluding carboxylic acids is 2. The molecule has 0 aromatic rings. The van der Waals surface area contributed by atoms with Crippen LogP contribution in [0.3, 0.4) is 0 Å². The van der Waals surface area contributed by atoms with Crippen LogP contribution in [0.25, 0.3) is 0 Å². The molecule has 4 nitrogen and oxygen atoms in total. The second-order valence-electron chi connectivity index (χ2n) is 3.38. The highest BCUT2D eigenvalue weighted by Crippen LogP contribution is 1.94. The molecule has 0 N–H and O–H groups in total. The van der Waals surface area contributed by atoms with Gasteiger partial charge in [0.2, 0.25) is 0 Å². The maximum Gasteiger partial charge on any atom is 0.340 e. The van der Waals surface area contributed by atoms with Crippen LogP contribution in [0.4, 0.5) is 0 Å². The number of carbonyl (C=O) groups is 2. The Hall–Kier alpha value is -1.42. The molecule has 0 amide bonds. The smallest absolute Gasteiger partial charge is 0.340 e. The van der Waals surface area contributed by atoms with Crippen molar-refractivity contribution >= 4 is 11.9 Å². The molecule has 0 spiro atoms. The maximum atomic E-state index is 11.1. The van der Waals surface area contributed by atoms with E-state index in [1.807, 2.05) is 13.8 Å². The summed E-state index contributed by atoms with van der Waals surface area (Å²) >= 11 is 0. The second-order valence-corrected chi connectivity index (χ2v) is 3.38. The summed E-state index contributed by atoms with van der Waals surface area (Å²) in [4.78, 5) is 24.2. The number of nitrogens with zero attached hydrogens (tertiary/aromatic N) is 1. The summed E-state index contributed by atoms with van der Waals surface area (Å²) in [6, 6.07) is 0. The molecule has 0 saturated carbocycles. The van der Waals surface area contributed by atoms with Gasteiger partial charge in [0.05, 0.1) is 0 Å². The van der Waals surface area contributed by atoms with Crippen LogP contribution in [-0.4, -0.2) is 36.5 Å². The molecule has 0 aromatic heterocycles. The van der Waals surface area contributed by atoms with E-state index in [-0.39, 0.29) is 5.57 Å². The van der Waals surface area contributed by atoms with Crippen molar-refractivity contribution in [3.05, 3.63) is 24.3 Å². The lowest BCUT2D eigenvalue weighted by molar-refractivity contribution is -0.153. The SMILES string of the molecule is C=C(C)C(=O)OC(=O)C=CCN(CC)CC. The van der Waals surface area contributed by atoms with Gasteiger partial charge in [0.1, 0.15) is 0 Å². The molecule has 16 heavy (non-hydrogen) atoms. The first-order chi connectivity index (χ1) is 7.51. The lowest BCUT2D eigenvalue weighted by Crippen LogP contribution is -2.22. The average molecular weight is 225 g/mol. The Bertz CT molecular complexity index is 291. The fourth-order valence-electron chi connectivity index (χ4n) is 0.992. The molecule has 0 fully saturated rings. The van der Waals surface area contributed by atoms with Crippen LogP contribution in [0, 0.1) is 0 Å². The van der Waals surface area contributed by atoms with Crippen molar-refractivity contribution in [3.63, 3.8) is 0 Å². The number of esters is 2. The Morgan fingerprint density at radius 2 is 1.88 bits per heavy atom. The van der Waals surface area contributed by atoms with E-state index >= 15 is 0 Å². The van der Waals surface area contributed by atoms with E-state index in [1.54, 1.807) is 6.08 Å². The highest BCUT2D eigenvalue weighted by atomic mass is 16.6. The van der Waals surface area contributed by atoms with Crippen molar-refractivity contribution in [3.8, 4) is 0 Å². The Morgan fingerprint density at radius 3 is 2.31 bits per heavy atom. The first kappa shape index (κ1) is 14.6. The Kier molecular flexibility index (Phi) is 7.12. The van der Waals surface area contributed by atoms with Gasteiger partial charge in [0, 0.05) is 18.2 Å². The Balaban J connectivity index is 4.00. The van der Waals surface area contributed by atoms with Crippen LogP contribution in [0.15, 0.2) is 24.3 Å². The van der Waals surface area contributed by atoms with Gasteiger partial charge in [0.25, 0.3) is 0 Å². The monoisotopic (exact) mass is 225 g/mol. The molecule has 90 valence electrons. The van der Waals surface area contributed by atoms with Gasteiger partial charge in [-0.3, -0.25) is 0 Å². The highest BCUT2D eigenvalue weighted by Gasteiger charge is 2.07. The molecule has 0 atom stereocenters. The lowest BCUT2D eigenvalue weighted by Gasteiger charge is -2.14. The zero-order valence-electron chi connectivity index (χ0n) is 10.2. The van der Waals surface area contributed by atoms with Crippen molar-refractivity contribution in [1.29, 1.82) is 0 Å². The summed E-state index contributed by atoms with van der Waals surface area (Å²) < 4.78 is 4.48. The van der Waals surface area contributed by atoms with Gasteiger partial charge in [-0.05, 0) is 20.0 Å². The molecule has 0 aromatic carbocycles. The van der Waals surface area contributed by atoms with E-state index in [0.717, 1.165) is 13.1 Å². The van der Waals surface area contributed by atoms with Crippen molar-refractivity contribution in [2.24, 2.45) is 0 Å². The number of hydrogen-bond donors (Lipinski definition) is 0. The highest BCUT2D eigenvalue weighted by molar-refractivity contribution is 5.98. The standard InChI is InChI=1S/C12H19NO3/c1-5-13(6-2)9-7-8-11(14)16-12(15)10(3)4/h7-8H,3,5-6,9H2,1-2,4H3. The average Bonchev–Trinajstić information content (AvgIpc) is 2.24. The molecule has 0 bridgehead atoms. The zero-order chi connectivity index (χ0) is 12.6. The molecule has 0 heterocycles. The molecular formula is C12H19NO3. The van der Waals surface area contributed by atoms with E-state index in [2.05, 4.69) is 16.2 Å². The van der Waals surface area contributed by atoms with Crippen LogP contribution < -0.4 is 0 Å². The summed E-state index contributed by atoms with van der Waals surface area (Å²) in [5.74, 6) is -1.34. The van der Waals surface area contributed by atoms with Crippen molar-refractivity contribution < 1.29 is 14.3 Å². The summed E-state index contributed by atoms with van der Waals surface area (Å²) in [6.07, 6.45) is 2.94. The van der Waals surface area contributed by atoms with Crippen molar-refractivity contribution in [1.82, 2.24) is 4.90 Å². The third kappa shape index (κ3) is 6.14. The quantitative estimate of drug-likeness (QED) is 0.391. The van der Waals surface area contributed by atoms with Crippen molar-refractivity contribution in [2.45, 2.75) is 20.8 Å². The number of hydrogen-bond acceptors (Lipinski definition) is 4. The minimum atomic E-state index is -0.683. The van der Waals surface area contributed by atoms with Gasteiger partial charge >= 0.3 is 11.9 Å². The predicted molar refractivity (Wildman–Crippen MR) is 62.8 cm³/mol. The van der Waals surface area contributed by atoms with Crippen LogP contribution in [0.2, 0.25) is 0 Å². The summed E-state index contributed by atoms with van der Waals surface area (Å²) in [7, 11) is 0. The number of rotatable bonds is 6. The van der Waals surface area contributed by atoms with Gasteiger partial charge < -0.3 is 9.64 Å². The largest absolute Gasteiger partial charge is 0.386 e. The van der Waals surface area contributed by atoms with E-state index in [9.17, 15) is 9.59 Å². The maximum absolute atomic E-state index is 11.1. The first-order valence-electron chi connectivity index (χ1n) is 5.31. The molecule has 0 aliphatic heterocycles. The minimum Gasteiger partial charge on any atom is -0.386 e. The molecular weight excluding hydrogens is 206 g/mol. The van der Waals surface area contributed by atoms with E-state index in [0.29, 0.717) is 6.54 Å². The van der Waals surface area contributed by atoms with Gasteiger partial charge in [0.15, 0.2) is 0 Å². The molecule has 0 unspecified atom stereocenters. The number of ether oxygens (including phenoxy) is 1. The fourth-order valence-corrected chi connectivity index (χ4v) is 0.992. The molecule has 0 saturated heterocycles. The third-order valence-electron chi connectivity index (χ3n) is 2.05. The van der Waals surface area contributed by atoms with E-state index < -0.39 is 11.9 Å². The topological polar surface area (TPSA) is 46.6 Å². The van der Waals surface area contributed by atoms with Gasteiger partial charge in [-0.2, -0.15) is 0 Å². The second kappa shape index (κ2) is 7.82. The normalized spacial score (nSPS) is 10.8. The fraction of sp³-hybridized carbons (Fsp3) is 0.500.